The third kappa shape index (κ3) is 3.79. The topological polar surface area (TPSA) is 35.5 Å². The molecule has 4 heteroatoms. The number of benzene rings is 1. The minimum atomic E-state index is -0.678. The Labute approximate surface area is 91.1 Å². The van der Waals surface area contributed by atoms with Gasteiger partial charge in [0.15, 0.2) is 0 Å². The zero-order chi connectivity index (χ0) is 10.4. The van der Waals surface area contributed by atoms with Crippen LogP contribution in [0.3, 0.4) is 0 Å². The van der Waals surface area contributed by atoms with Crippen molar-refractivity contribution < 1.29 is 14.3 Å². The van der Waals surface area contributed by atoms with E-state index in [0.717, 1.165) is 0 Å². The van der Waals surface area contributed by atoms with Crippen LogP contribution in [0.2, 0.25) is 0 Å². The largest absolute Gasteiger partial charge is 0.514 e. The summed E-state index contributed by atoms with van der Waals surface area (Å²) < 4.78 is 9.80. The van der Waals surface area contributed by atoms with Gasteiger partial charge in [0.1, 0.15) is 11.9 Å². The Morgan fingerprint density at radius 2 is 2.07 bits per heavy atom. The highest BCUT2D eigenvalue weighted by molar-refractivity contribution is 9.09. The molecule has 0 saturated heterocycles. The molecule has 0 aliphatic heterocycles. The van der Waals surface area contributed by atoms with Gasteiger partial charge >= 0.3 is 6.16 Å². The molecule has 1 atom stereocenters. The summed E-state index contributed by atoms with van der Waals surface area (Å²) in [5.41, 5.74) is 0. The zero-order valence-corrected chi connectivity index (χ0v) is 9.36. The summed E-state index contributed by atoms with van der Waals surface area (Å²) in [6, 6.07) is 8.81. The fraction of sp³-hybridized carbons (Fsp3) is 0.300. The van der Waals surface area contributed by atoms with E-state index in [4.69, 9.17) is 9.47 Å². The molecule has 0 heterocycles. The van der Waals surface area contributed by atoms with Crippen molar-refractivity contribution in [3.8, 4) is 5.75 Å². The summed E-state index contributed by atoms with van der Waals surface area (Å²) in [5, 5.41) is 0.594. The lowest BCUT2D eigenvalue weighted by Crippen LogP contribution is -2.19. The third-order valence-electron chi connectivity index (χ3n) is 1.46. The smallest absolute Gasteiger partial charge is 0.430 e. The van der Waals surface area contributed by atoms with E-state index >= 15 is 0 Å². The molecular weight excluding hydrogens is 248 g/mol. The first-order valence-corrected chi connectivity index (χ1v) is 5.34. The van der Waals surface area contributed by atoms with Crippen LogP contribution in [0.4, 0.5) is 4.79 Å². The predicted octanol–water partition coefficient (Wildman–Crippen LogP) is 2.99. The van der Waals surface area contributed by atoms with Gasteiger partial charge in [-0.25, -0.2) is 4.79 Å². The predicted molar refractivity (Wildman–Crippen MR) is 56.8 cm³/mol. The van der Waals surface area contributed by atoms with Crippen molar-refractivity contribution in [3.05, 3.63) is 30.3 Å². The molecule has 0 bridgehead atoms. The molecule has 3 nitrogen and oxygen atoms in total. The molecule has 0 aromatic heterocycles. The Morgan fingerprint density at radius 1 is 1.43 bits per heavy atom. The quantitative estimate of drug-likeness (QED) is 0.475. The Morgan fingerprint density at radius 3 is 2.64 bits per heavy atom. The van der Waals surface area contributed by atoms with Crippen molar-refractivity contribution in [3.63, 3.8) is 0 Å². The Kier molecular flexibility index (Phi) is 4.46. The van der Waals surface area contributed by atoms with Gasteiger partial charge in [0.25, 0.3) is 0 Å². The molecule has 0 aliphatic carbocycles. The SMILES string of the molecule is CC(CBr)OC(=O)Oc1ccccc1. The Bertz CT molecular complexity index is 287. The van der Waals surface area contributed by atoms with E-state index in [1.807, 2.05) is 6.07 Å². The lowest BCUT2D eigenvalue weighted by atomic mass is 10.3. The van der Waals surface area contributed by atoms with Gasteiger partial charge in [0, 0.05) is 5.33 Å². The molecular formula is C10H11BrO3. The summed E-state index contributed by atoms with van der Waals surface area (Å²) in [5.74, 6) is 0.485. The van der Waals surface area contributed by atoms with Crippen LogP contribution in [0, 0.1) is 0 Å². The van der Waals surface area contributed by atoms with Crippen molar-refractivity contribution in [2.24, 2.45) is 0 Å². The number of halogens is 1. The number of para-hydroxylation sites is 1. The van der Waals surface area contributed by atoms with Gasteiger partial charge in [-0.2, -0.15) is 0 Å². The van der Waals surface area contributed by atoms with Crippen molar-refractivity contribution in [1.82, 2.24) is 0 Å². The summed E-state index contributed by atoms with van der Waals surface area (Å²) in [6.45, 7) is 1.78. The minimum absolute atomic E-state index is 0.189. The summed E-state index contributed by atoms with van der Waals surface area (Å²) in [7, 11) is 0. The van der Waals surface area contributed by atoms with Crippen molar-refractivity contribution >= 4 is 22.1 Å². The second-order valence-electron chi connectivity index (χ2n) is 2.75. The average molecular weight is 259 g/mol. The van der Waals surface area contributed by atoms with Gasteiger partial charge in [-0.3, -0.25) is 0 Å². The van der Waals surface area contributed by atoms with E-state index in [1.165, 1.54) is 0 Å². The third-order valence-corrected chi connectivity index (χ3v) is 2.37. The van der Waals surface area contributed by atoms with Crippen LogP contribution in [0.15, 0.2) is 30.3 Å². The molecule has 0 fully saturated rings. The van der Waals surface area contributed by atoms with Gasteiger partial charge in [-0.1, -0.05) is 34.1 Å². The molecule has 1 aromatic carbocycles. The number of ether oxygens (including phenoxy) is 2. The normalized spacial score (nSPS) is 11.9. The van der Waals surface area contributed by atoms with Crippen molar-refractivity contribution in [2.75, 3.05) is 5.33 Å². The molecule has 1 rings (SSSR count). The first-order valence-electron chi connectivity index (χ1n) is 4.22. The molecule has 0 N–H and O–H groups in total. The molecule has 14 heavy (non-hydrogen) atoms. The van der Waals surface area contributed by atoms with Crippen LogP contribution in [-0.4, -0.2) is 17.6 Å². The molecule has 1 aromatic rings. The number of alkyl halides is 1. The van der Waals surface area contributed by atoms with Crippen LogP contribution in [0.5, 0.6) is 5.75 Å². The molecule has 0 aliphatic rings. The number of rotatable bonds is 3. The molecule has 0 radical (unpaired) electrons. The maximum atomic E-state index is 11.1. The van der Waals surface area contributed by atoms with Crippen molar-refractivity contribution in [1.29, 1.82) is 0 Å². The van der Waals surface area contributed by atoms with Crippen LogP contribution in [-0.2, 0) is 4.74 Å². The summed E-state index contributed by atoms with van der Waals surface area (Å²) >= 11 is 3.20. The van der Waals surface area contributed by atoms with E-state index in [0.29, 0.717) is 11.1 Å². The van der Waals surface area contributed by atoms with Gasteiger partial charge in [0.2, 0.25) is 0 Å². The van der Waals surface area contributed by atoms with Gasteiger partial charge in [0.05, 0.1) is 0 Å². The van der Waals surface area contributed by atoms with E-state index < -0.39 is 6.16 Å². The van der Waals surface area contributed by atoms with E-state index in [2.05, 4.69) is 15.9 Å². The maximum absolute atomic E-state index is 11.1. The highest BCUT2D eigenvalue weighted by atomic mass is 79.9. The lowest BCUT2D eigenvalue weighted by molar-refractivity contribution is 0.0749. The molecule has 76 valence electrons. The fourth-order valence-electron chi connectivity index (χ4n) is 0.805. The number of hydrogen-bond donors (Lipinski definition) is 0. The monoisotopic (exact) mass is 258 g/mol. The van der Waals surface area contributed by atoms with Crippen molar-refractivity contribution in [2.45, 2.75) is 13.0 Å². The maximum Gasteiger partial charge on any atom is 0.514 e. The average Bonchev–Trinajstić information content (AvgIpc) is 2.19. The van der Waals surface area contributed by atoms with Gasteiger partial charge in [-0.15, -0.1) is 0 Å². The first kappa shape index (κ1) is 11.0. The molecule has 0 saturated carbocycles. The van der Waals surface area contributed by atoms with E-state index in [-0.39, 0.29) is 6.10 Å². The van der Waals surface area contributed by atoms with E-state index in [9.17, 15) is 4.79 Å². The summed E-state index contributed by atoms with van der Waals surface area (Å²) in [6.07, 6.45) is -0.866. The van der Waals surface area contributed by atoms with Crippen LogP contribution in [0.25, 0.3) is 0 Å². The lowest BCUT2D eigenvalue weighted by Gasteiger charge is -2.09. The van der Waals surface area contributed by atoms with Crippen LogP contribution in [0.1, 0.15) is 6.92 Å². The second-order valence-corrected chi connectivity index (χ2v) is 3.40. The number of carbonyl (C=O) groups is 1. The van der Waals surface area contributed by atoms with Gasteiger partial charge in [-0.05, 0) is 19.1 Å². The zero-order valence-electron chi connectivity index (χ0n) is 7.77. The molecule has 1 unspecified atom stereocenters. The Balaban J connectivity index is 2.42. The molecule has 0 amide bonds. The Hall–Kier alpha value is -1.03. The fourth-order valence-corrected chi connectivity index (χ4v) is 0.937. The van der Waals surface area contributed by atoms with Crippen LogP contribution >= 0.6 is 15.9 Å². The highest BCUT2D eigenvalue weighted by Gasteiger charge is 2.09. The standard InChI is InChI=1S/C10H11BrO3/c1-8(7-11)13-10(12)14-9-5-3-2-4-6-9/h2-6,8H,7H2,1H3. The van der Waals surface area contributed by atoms with E-state index in [1.54, 1.807) is 31.2 Å². The van der Waals surface area contributed by atoms with Crippen LogP contribution < -0.4 is 4.74 Å². The number of hydrogen-bond acceptors (Lipinski definition) is 3. The summed E-state index contributed by atoms with van der Waals surface area (Å²) in [4.78, 5) is 11.1. The first-order chi connectivity index (χ1) is 6.72. The minimum Gasteiger partial charge on any atom is -0.430 e. The number of carbonyl (C=O) groups excluding carboxylic acids is 1. The second kappa shape index (κ2) is 5.65. The highest BCUT2D eigenvalue weighted by Crippen LogP contribution is 2.10. The van der Waals surface area contributed by atoms with Gasteiger partial charge < -0.3 is 9.47 Å². The molecule has 0 spiro atoms.